The number of fused-ring (bicyclic) bond motifs is 1. The van der Waals surface area contributed by atoms with Crippen molar-refractivity contribution in [1.29, 1.82) is 0 Å². The summed E-state index contributed by atoms with van der Waals surface area (Å²) in [6.07, 6.45) is 2.61. The Hall–Kier alpha value is -4.00. The minimum atomic E-state index is -1.44. The van der Waals surface area contributed by atoms with Crippen LogP contribution in [0.4, 0.5) is 10.2 Å². The van der Waals surface area contributed by atoms with Gasteiger partial charge in [0.05, 0.1) is 23.4 Å². The van der Waals surface area contributed by atoms with Gasteiger partial charge >= 0.3 is 5.97 Å². The number of carbonyl (C=O) groups is 2. The topological polar surface area (TPSA) is 136 Å². The van der Waals surface area contributed by atoms with Crippen molar-refractivity contribution in [3.63, 3.8) is 0 Å². The summed E-state index contributed by atoms with van der Waals surface area (Å²) in [5, 5.41) is 14.0. The summed E-state index contributed by atoms with van der Waals surface area (Å²) in [6, 6.07) is 1.86. The van der Waals surface area contributed by atoms with E-state index in [0.29, 0.717) is 5.69 Å². The third-order valence-electron chi connectivity index (χ3n) is 6.24. The highest BCUT2D eigenvalue weighted by atomic mass is 32.1. The van der Waals surface area contributed by atoms with Crippen molar-refractivity contribution in [3.05, 3.63) is 57.1 Å². The van der Waals surface area contributed by atoms with Crippen molar-refractivity contribution in [2.75, 3.05) is 18.0 Å². The standard InChI is InChI=1S/C22H20FN7O4S/c1-10-4-13(27-28(10)3)5-15(31)12-6-29(7-12)20-17(23)11(2)16-18(32)14(21(33)34)8-30(19(16)26-20)22-24-9-25-35-22/h4,8-9,12H,5-7H2,1-3H3,(H,33,34). The Morgan fingerprint density at radius 1 is 1.29 bits per heavy atom. The molecule has 0 spiro atoms. The average Bonchev–Trinajstić information content (AvgIpc) is 3.40. The first-order chi connectivity index (χ1) is 16.7. The normalized spacial score (nSPS) is 13.9. The Kier molecular flexibility index (Phi) is 5.43. The predicted octanol–water partition coefficient (Wildman–Crippen LogP) is 1.67. The van der Waals surface area contributed by atoms with E-state index < -0.39 is 22.8 Å². The van der Waals surface area contributed by atoms with Crippen LogP contribution in [0.1, 0.15) is 27.3 Å². The lowest BCUT2D eigenvalue weighted by molar-refractivity contribution is -0.123. The molecule has 1 aliphatic heterocycles. The first kappa shape index (κ1) is 22.8. The number of carbonyl (C=O) groups excluding carboxylic acids is 1. The van der Waals surface area contributed by atoms with Gasteiger partial charge in [-0.1, -0.05) is 0 Å². The summed E-state index contributed by atoms with van der Waals surface area (Å²) in [5.41, 5.74) is 0.345. The Bertz CT molecular complexity index is 1540. The number of hydrogen-bond donors (Lipinski definition) is 1. The Morgan fingerprint density at radius 3 is 2.63 bits per heavy atom. The molecule has 1 fully saturated rings. The lowest BCUT2D eigenvalue weighted by Crippen LogP contribution is -2.51. The van der Waals surface area contributed by atoms with Crippen LogP contribution in [-0.4, -0.2) is 58.6 Å². The van der Waals surface area contributed by atoms with Crippen LogP contribution in [0.3, 0.4) is 0 Å². The molecule has 35 heavy (non-hydrogen) atoms. The number of ketones is 1. The van der Waals surface area contributed by atoms with Crippen LogP contribution in [0.15, 0.2) is 23.4 Å². The van der Waals surface area contributed by atoms with Crippen LogP contribution in [0.5, 0.6) is 0 Å². The molecule has 0 radical (unpaired) electrons. The molecule has 0 bridgehead atoms. The number of rotatable bonds is 6. The minimum Gasteiger partial charge on any atom is -0.477 e. The van der Waals surface area contributed by atoms with Crippen molar-refractivity contribution in [2.45, 2.75) is 20.3 Å². The molecular weight excluding hydrogens is 477 g/mol. The fourth-order valence-electron chi connectivity index (χ4n) is 4.16. The highest BCUT2D eigenvalue weighted by Gasteiger charge is 2.36. The number of halogens is 1. The summed E-state index contributed by atoms with van der Waals surface area (Å²) in [4.78, 5) is 47.4. The largest absolute Gasteiger partial charge is 0.477 e. The van der Waals surface area contributed by atoms with Crippen molar-refractivity contribution in [1.82, 2.24) is 28.7 Å². The zero-order valence-corrected chi connectivity index (χ0v) is 19.8. The third kappa shape index (κ3) is 3.77. The van der Waals surface area contributed by atoms with Crippen molar-refractivity contribution >= 4 is 40.1 Å². The number of aromatic carboxylic acids is 1. The van der Waals surface area contributed by atoms with Gasteiger partial charge in [-0.2, -0.15) is 9.47 Å². The molecule has 13 heteroatoms. The molecular formula is C22H20FN7O4S. The van der Waals surface area contributed by atoms with Crippen LogP contribution in [0.2, 0.25) is 0 Å². The number of hydrogen-bond acceptors (Lipinski definition) is 9. The summed E-state index contributed by atoms with van der Waals surface area (Å²) in [6.45, 7) is 3.86. The van der Waals surface area contributed by atoms with E-state index in [9.17, 15) is 19.5 Å². The smallest absolute Gasteiger partial charge is 0.341 e. The quantitative estimate of drug-likeness (QED) is 0.422. The number of pyridine rings is 2. The van der Waals surface area contributed by atoms with Crippen LogP contribution in [0, 0.1) is 25.6 Å². The van der Waals surface area contributed by atoms with Crippen LogP contribution < -0.4 is 10.3 Å². The molecule has 0 amide bonds. The fourth-order valence-corrected chi connectivity index (χ4v) is 4.67. The van der Waals surface area contributed by atoms with Crippen molar-refractivity contribution < 1.29 is 19.1 Å². The number of Topliss-reactive ketones (excluding diaryl/α,β-unsaturated/α-hetero) is 1. The molecule has 11 nitrogen and oxygen atoms in total. The second-order valence-corrected chi connectivity index (χ2v) is 9.25. The molecule has 0 atom stereocenters. The summed E-state index contributed by atoms with van der Waals surface area (Å²) >= 11 is 0.976. The maximum Gasteiger partial charge on any atom is 0.341 e. The Morgan fingerprint density at radius 2 is 2.03 bits per heavy atom. The minimum absolute atomic E-state index is 0.00605. The maximum absolute atomic E-state index is 15.4. The molecule has 5 heterocycles. The number of carboxylic acids is 1. The highest BCUT2D eigenvalue weighted by Crippen LogP contribution is 2.32. The SMILES string of the molecule is Cc1c(F)c(N2CC(C(=O)Cc3cc(C)n(C)n3)C2)nc2c1c(=O)c(C(=O)O)cn2-c1ncns1. The molecule has 0 aromatic carbocycles. The number of aromatic nitrogens is 6. The lowest BCUT2D eigenvalue weighted by Gasteiger charge is -2.39. The van der Waals surface area contributed by atoms with Gasteiger partial charge in [0.1, 0.15) is 17.7 Å². The molecule has 1 aliphatic rings. The monoisotopic (exact) mass is 497 g/mol. The van der Waals surface area contributed by atoms with E-state index in [0.717, 1.165) is 23.4 Å². The van der Waals surface area contributed by atoms with Gasteiger partial charge in [0.25, 0.3) is 0 Å². The van der Waals surface area contributed by atoms with E-state index in [1.54, 1.807) is 9.58 Å². The van der Waals surface area contributed by atoms with Crippen LogP contribution in [0.25, 0.3) is 16.2 Å². The van der Waals surface area contributed by atoms with Gasteiger partial charge in [0.15, 0.2) is 17.3 Å². The summed E-state index contributed by atoms with van der Waals surface area (Å²) < 4.78 is 22.4. The van der Waals surface area contributed by atoms with E-state index in [1.807, 2.05) is 20.0 Å². The summed E-state index contributed by atoms with van der Waals surface area (Å²) in [7, 11) is 1.81. The maximum atomic E-state index is 15.4. The van der Waals surface area contributed by atoms with Crippen LogP contribution >= 0.6 is 11.5 Å². The molecule has 5 rings (SSSR count). The Balaban J connectivity index is 1.50. The van der Waals surface area contributed by atoms with Crippen molar-refractivity contribution in [3.8, 4) is 5.13 Å². The fraction of sp³-hybridized carbons (Fsp3) is 0.318. The van der Waals surface area contributed by atoms with Crippen molar-refractivity contribution in [2.24, 2.45) is 13.0 Å². The molecule has 180 valence electrons. The molecule has 1 N–H and O–H groups in total. The first-order valence-corrected chi connectivity index (χ1v) is 11.5. The van der Waals surface area contributed by atoms with Gasteiger partial charge in [-0.3, -0.25) is 18.8 Å². The second-order valence-electron chi connectivity index (χ2n) is 8.49. The van der Waals surface area contributed by atoms with E-state index in [-0.39, 0.29) is 58.8 Å². The molecule has 0 saturated carbocycles. The number of carboxylic acid groups (broad SMARTS) is 1. The number of aryl methyl sites for hydroxylation is 3. The van der Waals surface area contributed by atoms with Gasteiger partial charge in [0, 0.05) is 49.1 Å². The molecule has 0 unspecified atom stereocenters. The predicted molar refractivity (Wildman–Crippen MR) is 125 cm³/mol. The Labute approximate surface area is 201 Å². The third-order valence-corrected chi connectivity index (χ3v) is 6.90. The van der Waals surface area contributed by atoms with Gasteiger partial charge in [-0.05, 0) is 19.9 Å². The lowest BCUT2D eigenvalue weighted by atomic mass is 9.92. The molecule has 1 saturated heterocycles. The van der Waals surface area contributed by atoms with Gasteiger partial charge in [-0.25, -0.2) is 19.2 Å². The van der Waals surface area contributed by atoms with Gasteiger partial charge in [0.2, 0.25) is 10.6 Å². The van der Waals surface area contributed by atoms with Gasteiger partial charge in [-0.15, -0.1) is 0 Å². The number of anilines is 1. The van der Waals surface area contributed by atoms with E-state index >= 15 is 4.39 Å². The molecule has 4 aromatic rings. The van der Waals surface area contributed by atoms with Crippen LogP contribution in [-0.2, 0) is 18.3 Å². The molecule has 4 aromatic heterocycles. The second kappa shape index (κ2) is 8.34. The number of nitrogens with zero attached hydrogens (tertiary/aromatic N) is 7. The molecule has 0 aliphatic carbocycles. The van der Waals surface area contributed by atoms with E-state index in [4.69, 9.17) is 0 Å². The average molecular weight is 498 g/mol. The highest BCUT2D eigenvalue weighted by molar-refractivity contribution is 7.08. The zero-order chi connectivity index (χ0) is 25.0. The zero-order valence-electron chi connectivity index (χ0n) is 19.0. The van der Waals surface area contributed by atoms with Gasteiger partial charge < -0.3 is 10.0 Å². The summed E-state index contributed by atoms with van der Waals surface area (Å²) in [5.74, 6) is -2.46. The van der Waals surface area contributed by atoms with E-state index in [2.05, 4.69) is 19.4 Å². The van der Waals surface area contributed by atoms with E-state index in [1.165, 1.54) is 17.8 Å². The first-order valence-electron chi connectivity index (χ1n) is 10.7.